The van der Waals surface area contributed by atoms with Crippen molar-refractivity contribution in [2.75, 3.05) is 26.2 Å². The number of amides is 3. The molecule has 2 aliphatic carbocycles. The molecule has 53 heavy (non-hydrogen) atoms. The molecule has 0 bridgehead atoms. The molecule has 2 aromatic heterocycles. The molecule has 2 aromatic rings. The van der Waals surface area contributed by atoms with Crippen molar-refractivity contribution in [3.05, 3.63) is 23.4 Å². The van der Waals surface area contributed by atoms with Gasteiger partial charge in [-0.2, -0.15) is 9.97 Å². The summed E-state index contributed by atoms with van der Waals surface area (Å²) in [7, 11) is 0. The maximum Gasteiger partial charge on any atom is 0.304 e. The monoisotopic (exact) mass is 741 g/mol. The first-order chi connectivity index (χ1) is 25.8. The Kier molecular flexibility index (Phi) is 16.1. The lowest BCUT2D eigenvalue weighted by Crippen LogP contribution is -2.28. The van der Waals surface area contributed by atoms with Crippen molar-refractivity contribution in [1.82, 2.24) is 35.6 Å². The fourth-order valence-electron chi connectivity index (χ4n) is 8.46. The van der Waals surface area contributed by atoms with Crippen LogP contribution in [0.1, 0.15) is 186 Å². The molecule has 0 aromatic carbocycles. The minimum atomic E-state index is -0.877. The fraction of sp³-hybridized carbons (Fsp3) is 0.789. The minimum Gasteiger partial charge on any atom is -0.481 e. The quantitative estimate of drug-likeness (QED) is 0.122. The molecule has 294 valence electrons. The number of carbonyl (C=O) groups excluding carboxylic acids is 3. The molecule has 15 nitrogen and oxygen atoms in total. The average molecular weight is 742 g/mol. The Morgan fingerprint density at radius 2 is 1.06 bits per heavy atom. The van der Waals surface area contributed by atoms with Crippen LogP contribution in [0.2, 0.25) is 0 Å². The van der Waals surface area contributed by atoms with Gasteiger partial charge in [-0.25, -0.2) is 5.48 Å². The van der Waals surface area contributed by atoms with Crippen LogP contribution in [-0.2, 0) is 9.59 Å². The molecule has 0 radical (unpaired) electrons. The van der Waals surface area contributed by atoms with E-state index in [-0.39, 0.29) is 48.1 Å². The van der Waals surface area contributed by atoms with E-state index in [0.29, 0.717) is 18.2 Å². The van der Waals surface area contributed by atoms with E-state index in [4.69, 9.17) is 14.3 Å². The van der Waals surface area contributed by atoms with Gasteiger partial charge in [-0.3, -0.25) is 24.4 Å². The average Bonchev–Trinajstić information content (AvgIpc) is 4.02. The lowest BCUT2D eigenvalue weighted by atomic mass is 9.84. The van der Waals surface area contributed by atoms with Crippen molar-refractivity contribution < 1.29 is 38.5 Å². The molecule has 4 heterocycles. The van der Waals surface area contributed by atoms with Crippen LogP contribution in [0.15, 0.2) is 9.05 Å². The molecule has 4 aliphatic rings. The van der Waals surface area contributed by atoms with Crippen LogP contribution >= 0.6 is 0 Å². The fourth-order valence-corrected chi connectivity index (χ4v) is 8.46. The number of hydroxylamine groups is 1. The number of carboxylic acid groups (broad SMARTS) is 1. The van der Waals surface area contributed by atoms with Gasteiger partial charge in [-0.05, 0) is 50.4 Å². The SMILES string of the molecule is O=C(C[C@@H](CCCC1CCCCC1)c1nc(C(=O)N2CCCC2)no1)NO.O=C(O)C[C@@H](CCCC1CCCCC1)c1nc(C(=O)N2CCCC2)no1. The van der Waals surface area contributed by atoms with E-state index < -0.39 is 11.9 Å². The summed E-state index contributed by atoms with van der Waals surface area (Å²) < 4.78 is 10.6. The van der Waals surface area contributed by atoms with Crippen LogP contribution in [0.5, 0.6) is 0 Å². The lowest BCUT2D eigenvalue weighted by molar-refractivity contribution is -0.137. The molecule has 3 amide bonds. The number of aromatic nitrogens is 4. The Balaban J connectivity index is 0.000000204. The van der Waals surface area contributed by atoms with Crippen molar-refractivity contribution in [2.24, 2.45) is 11.8 Å². The highest BCUT2D eigenvalue weighted by atomic mass is 16.5. The molecule has 0 unspecified atom stereocenters. The molecule has 2 atom stereocenters. The summed E-state index contributed by atoms with van der Waals surface area (Å²) in [5, 5.41) is 25.7. The number of carbonyl (C=O) groups is 4. The second-order valence-corrected chi connectivity index (χ2v) is 15.5. The van der Waals surface area contributed by atoms with Crippen molar-refractivity contribution >= 4 is 23.7 Å². The molecule has 3 N–H and O–H groups in total. The van der Waals surface area contributed by atoms with Crippen LogP contribution < -0.4 is 5.48 Å². The summed E-state index contributed by atoms with van der Waals surface area (Å²) in [6, 6.07) is 0. The number of rotatable bonds is 16. The van der Waals surface area contributed by atoms with Crippen molar-refractivity contribution in [1.29, 1.82) is 0 Å². The zero-order valence-corrected chi connectivity index (χ0v) is 31.2. The largest absolute Gasteiger partial charge is 0.481 e. The molecular formula is C38H59N7O8. The van der Waals surface area contributed by atoms with E-state index in [0.717, 1.165) is 95.8 Å². The van der Waals surface area contributed by atoms with Gasteiger partial charge in [0.05, 0.1) is 6.42 Å². The third kappa shape index (κ3) is 12.6. The highest BCUT2D eigenvalue weighted by Gasteiger charge is 2.30. The van der Waals surface area contributed by atoms with Gasteiger partial charge in [0.15, 0.2) is 0 Å². The summed E-state index contributed by atoms with van der Waals surface area (Å²) in [5.41, 5.74) is 1.68. The van der Waals surface area contributed by atoms with Crippen LogP contribution in [0.3, 0.4) is 0 Å². The Labute approximate surface area is 312 Å². The topological polar surface area (TPSA) is 205 Å². The molecule has 6 rings (SSSR count). The zero-order chi connectivity index (χ0) is 37.4. The maximum atomic E-state index is 12.4. The maximum absolute atomic E-state index is 12.4. The lowest BCUT2D eigenvalue weighted by Gasteiger charge is -2.22. The predicted octanol–water partition coefficient (Wildman–Crippen LogP) is 6.65. The number of hydrogen-bond acceptors (Lipinski definition) is 11. The summed E-state index contributed by atoms with van der Waals surface area (Å²) in [5.74, 6) is -0.130. The molecule has 2 saturated carbocycles. The number of nitrogens with one attached hydrogen (secondary N) is 1. The van der Waals surface area contributed by atoms with Crippen LogP contribution in [-0.4, -0.2) is 90.3 Å². The van der Waals surface area contributed by atoms with Gasteiger partial charge in [0.1, 0.15) is 0 Å². The zero-order valence-electron chi connectivity index (χ0n) is 31.2. The summed E-state index contributed by atoms with van der Waals surface area (Å²) in [6.07, 6.45) is 22.7. The first-order valence-electron chi connectivity index (χ1n) is 20.2. The first kappa shape index (κ1) is 40.3. The first-order valence-corrected chi connectivity index (χ1v) is 20.2. The molecular weight excluding hydrogens is 682 g/mol. The second-order valence-electron chi connectivity index (χ2n) is 15.5. The standard InChI is InChI=1S/C19H30N4O4.C19H29N3O4/c24-16(21-26)13-15(10-6-9-14-7-2-1-3-8-14)18-20-17(22-27-18)19(25)23-11-4-5-12-23;23-16(24)13-15(10-6-9-14-7-2-1-3-8-14)18-20-17(21-26-18)19(25)22-11-4-5-12-22/h14-15,26H,1-13H2,(H,21,24);14-15H,1-13H2,(H,23,24)/t2*15-/m11/s1. The number of carboxylic acids is 1. The summed E-state index contributed by atoms with van der Waals surface area (Å²) in [6.45, 7) is 2.90. The van der Waals surface area contributed by atoms with Gasteiger partial charge in [0.25, 0.3) is 23.5 Å². The van der Waals surface area contributed by atoms with E-state index in [1.165, 1.54) is 64.2 Å². The minimum absolute atomic E-state index is 0.0375. The van der Waals surface area contributed by atoms with Gasteiger partial charge in [-0.1, -0.05) is 100 Å². The van der Waals surface area contributed by atoms with Crippen LogP contribution in [0.25, 0.3) is 0 Å². The highest BCUT2D eigenvalue weighted by Crippen LogP contribution is 2.33. The van der Waals surface area contributed by atoms with Crippen LogP contribution in [0.4, 0.5) is 0 Å². The highest BCUT2D eigenvalue weighted by molar-refractivity contribution is 5.91. The van der Waals surface area contributed by atoms with E-state index in [1.807, 2.05) is 0 Å². The Bertz CT molecular complexity index is 1440. The Hall–Kier alpha value is -3.88. The molecule has 4 fully saturated rings. The van der Waals surface area contributed by atoms with Gasteiger partial charge in [0.2, 0.25) is 17.7 Å². The van der Waals surface area contributed by atoms with E-state index in [9.17, 15) is 24.3 Å². The summed E-state index contributed by atoms with van der Waals surface area (Å²) in [4.78, 5) is 59.6. The normalized spacial score (nSPS) is 19.4. The van der Waals surface area contributed by atoms with E-state index in [1.54, 1.807) is 15.3 Å². The van der Waals surface area contributed by atoms with Gasteiger partial charge in [0, 0.05) is 44.4 Å². The number of hydrogen-bond donors (Lipinski definition) is 3. The number of aliphatic carboxylic acids is 1. The van der Waals surface area contributed by atoms with Gasteiger partial charge < -0.3 is 24.0 Å². The third-order valence-corrected chi connectivity index (χ3v) is 11.5. The number of nitrogens with zero attached hydrogens (tertiary/aromatic N) is 6. The third-order valence-electron chi connectivity index (χ3n) is 11.5. The Morgan fingerprint density at radius 1 is 0.642 bits per heavy atom. The molecule has 15 heteroatoms. The van der Waals surface area contributed by atoms with Gasteiger partial charge >= 0.3 is 5.97 Å². The second kappa shape index (κ2) is 21.1. The van der Waals surface area contributed by atoms with E-state index >= 15 is 0 Å². The molecule has 2 saturated heterocycles. The number of likely N-dealkylation sites (tertiary alicyclic amines) is 2. The molecule has 2 aliphatic heterocycles. The summed E-state index contributed by atoms with van der Waals surface area (Å²) >= 11 is 0. The van der Waals surface area contributed by atoms with E-state index in [2.05, 4.69) is 20.3 Å². The van der Waals surface area contributed by atoms with Gasteiger partial charge in [-0.15, -0.1) is 0 Å². The molecule has 0 spiro atoms. The Morgan fingerprint density at radius 3 is 1.45 bits per heavy atom. The van der Waals surface area contributed by atoms with Crippen molar-refractivity contribution in [3.63, 3.8) is 0 Å². The van der Waals surface area contributed by atoms with Crippen LogP contribution in [0, 0.1) is 11.8 Å². The smallest absolute Gasteiger partial charge is 0.304 e. The van der Waals surface area contributed by atoms with Crippen molar-refractivity contribution in [2.45, 2.75) is 153 Å². The van der Waals surface area contributed by atoms with Crippen molar-refractivity contribution in [3.8, 4) is 0 Å². The predicted molar refractivity (Wildman–Crippen MR) is 192 cm³/mol.